The molecule has 5 N–H and O–H groups in total. The fourth-order valence-electron chi connectivity index (χ4n) is 0. The zero-order valence-electron chi connectivity index (χ0n) is 3.76. The molecule has 0 aliphatic carbocycles. The predicted octanol–water partition coefficient (Wildman–Crippen LogP) is -1.56. The van der Waals surface area contributed by atoms with Crippen molar-refractivity contribution in [1.29, 1.82) is 0 Å². The molecule has 0 fully saturated rings. The van der Waals surface area contributed by atoms with Crippen molar-refractivity contribution in [3.8, 4) is 0 Å². The third-order valence-corrected chi connectivity index (χ3v) is 0. The van der Waals surface area contributed by atoms with Gasteiger partial charge in [0.25, 0.3) is 5.97 Å². The third-order valence-electron chi connectivity index (χ3n) is 0. The largest absolute Gasteiger partial charge is 0.481 e. The molecule has 0 aliphatic heterocycles. The molecule has 4 nitrogen and oxygen atoms in total. The van der Waals surface area contributed by atoms with E-state index in [-0.39, 0.29) is 28.3 Å². The first-order valence-electron chi connectivity index (χ1n) is 0.928. The molecule has 0 aromatic rings. The molecular formula is C2H8CrO4. The summed E-state index contributed by atoms with van der Waals surface area (Å²) in [6, 6.07) is 0. The molecule has 0 saturated heterocycles. The normalized spacial score (nSPS) is 3.57. The van der Waals surface area contributed by atoms with Crippen molar-refractivity contribution in [2.75, 3.05) is 0 Å². The summed E-state index contributed by atoms with van der Waals surface area (Å²) in [5.41, 5.74) is 0. The molecule has 0 saturated carbocycles. The van der Waals surface area contributed by atoms with Crippen LogP contribution in [0, 0.1) is 0 Å². The van der Waals surface area contributed by atoms with E-state index in [9.17, 15) is 0 Å². The molecule has 0 spiro atoms. The molecule has 7 heavy (non-hydrogen) atoms. The van der Waals surface area contributed by atoms with Gasteiger partial charge in [0.2, 0.25) is 0 Å². The minimum absolute atomic E-state index is 0. The Morgan fingerprint density at radius 1 is 1.43 bits per heavy atom. The number of rotatable bonds is 0. The summed E-state index contributed by atoms with van der Waals surface area (Å²) in [5.74, 6) is -0.833. The summed E-state index contributed by atoms with van der Waals surface area (Å²) in [5, 5.41) is 7.42. The second kappa shape index (κ2) is 16.8. The topological polar surface area (TPSA) is 100 Å². The van der Waals surface area contributed by atoms with Gasteiger partial charge in [-0.05, 0) is 0 Å². The van der Waals surface area contributed by atoms with Gasteiger partial charge in [-0.15, -0.1) is 0 Å². The van der Waals surface area contributed by atoms with E-state index < -0.39 is 5.97 Å². The minimum Gasteiger partial charge on any atom is -0.481 e. The fraction of sp³-hybridized carbons (Fsp3) is 0.500. The molecule has 0 bridgehead atoms. The monoisotopic (exact) mass is 148 g/mol. The Balaban J connectivity index is -0.0000000150. The van der Waals surface area contributed by atoms with Crippen LogP contribution in [0.4, 0.5) is 0 Å². The van der Waals surface area contributed by atoms with Crippen LogP contribution < -0.4 is 0 Å². The van der Waals surface area contributed by atoms with Crippen LogP contribution in [0.2, 0.25) is 0 Å². The van der Waals surface area contributed by atoms with Crippen LogP contribution in [0.1, 0.15) is 6.92 Å². The molecule has 0 amide bonds. The Hall–Kier alpha value is -0.0775. The van der Waals surface area contributed by atoms with Gasteiger partial charge in [0.05, 0.1) is 0 Å². The van der Waals surface area contributed by atoms with Crippen LogP contribution in [0.25, 0.3) is 0 Å². The SMILES string of the molecule is CC(=O)O.O.O.[Cr]. The van der Waals surface area contributed by atoms with Gasteiger partial charge < -0.3 is 16.1 Å². The molecule has 0 radical (unpaired) electrons. The number of hydrogen-bond acceptors (Lipinski definition) is 1. The second-order valence-corrected chi connectivity index (χ2v) is 0.519. The Kier molecular flexibility index (Phi) is 68.2. The van der Waals surface area contributed by atoms with Gasteiger partial charge >= 0.3 is 0 Å². The fourth-order valence-corrected chi connectivity index (χ4v) is 0. The average Bonchev–Trinajstić information content (AvgIpc) is 0.811. The first kappa shape index (κ1) is 28.4. The first-order valence-corrected chi connectivity index (χ1v) is 0.928. The van der Waals surface area contributed by atoms with Crippen molar-refractivity contribution in [3.63, 3.8) is 0 Å². The number of carboxylic acid groups (broad SMARTS) is 1. The molecule has 46 valence electrons. The Morgan fingerprint density at radius 3 is 1.43 bits per heavy atom. The molecule has 0 rings (SSSR count). The van der Waals surface area contributed by atoms with Gasteiger partial charge in [-0.3, -0.25) is 4.79 Å². The molecule has 5 heteroatoms. The zero-order valence-corrected chi connectivity index (χ0v) is 5.04. The number of carbonyl (C=O) groups is 1. The summed E-state index contributed by atoms with van der Waals surface area (Å²) in [6.45, 7) is 1.08. The first-order chi connectivity index (χ1) is 1.73. The molecule has 0 aliphatic rings. The number of hydrogen-bond donors (Lipinski definition) is 1. The van der Waals surface area contributed by atoms with E-state index >= 15 is 0 Å². The van der Waals surface area contributed by atoms with Crippen LogP contribution in [0.15, 0.2) is 0 Å². The molecule has 0 heterocycles. The number of carboxylic acids is 1. The second-order valence-electron chi connectivity index (χ2n) is 0.519. The van der Waals surface area contributed by atoms with E-state index in [1.54, 1.807) is 0 Å². The van der Waals surface area contributed by atoms with Crippen molar-refractivity contribution in [3.05, 3.63) is 0 Å². The van der Waals surface area contributed by atoms with E-state index in [2.05, 4.69) is 0 Å². The van der Waals surface area contributed by atoms with E-state index in [4.69, 9.17) is 9.90 Å². The third kappa shape index (κ3) is 15200. The maximum Gasteiger partial charge on any atom is 0.300 e. The Morgan fingerprint density at radius 2 is 1.43 bits per heavy atom. The Labute approximate surface area is 51.9 Å². The van der Waals surface area contributed by atoms with Crippen molar-refractivity contribution in [2.24, 2.45) is 0 Å². The maximum absolute atomic E-state index is 9.00. The van der Waals surface area contributed by atoms with Crippen LogP contribution in [-0.2, 0) is 22.2 Å². The van der Waals surface area contributed by atoms with E-state index in [0.29, 0.717) is 0 Å². The summed E-state index contributed by atoms with van der Waals surface area (Å²) in [4.78, 5) is 9.00. The van der Waals surface area contributed by atoms with Crippen LogP contribution in [0.3, 0.4) is 0 Å². The standard InChI is InChI=1S/C2H4O2.Cr.2H2O/c1-2(3)4;;;/h1H3,(H,3,4);;2*1H2. The Bertz CT molecular complexity index is 32.7. The van der Waals surface area contributed by atoms with Gasteiger partial charge in [0.1, 0.15) is 0 Å². The van der Waals surface area contributed by atoms with Crippen LogP contribution in [-0.4, -0.2) is 22.0 Å². The maximum atomic E-state index is 9.00. The number of aliphatic carboxylic acids is 1. The van der Waals surface area contributed by atoms with E-state index in [0.717, 1.165) is 6.92 Å². The van der Waals surface area contributed by atoms with Gasteiger partial charge in [-0.2, -0.15) is 0 Å². The van der Waals surface area contributed by atoms with Crippen molar-refractivity contribution in [2.45, 2.75) is 6.92 Å². The van der Waals surface area contributed by atoms with Crippen molar-refractivity contribution >= 4 is 5.97 Å². The summed E-state index contributed by atoms with van der Waals surface area (Å²) in [6.07, 6.45) is 0. The van der Waals surface area contributed by atoms with Crippen LogP contribution >= 0.6 is 0 Å². The molecular weight excluding hydrogens is 140 g/mol. The van der Waals surface area contributed by atoms with E-state index in [1.165, 1.54) is 0 Å². The smallest absolute Gasteiger partial charge is 0.300 e. The summed E-state index contributed by atoms with van der Waals surface area (Å²) in [7, 11) is 0. The van der Waals surface area contributed by atoms with Gasteiger partial charge in [-0.1, -0.05) is 0 Å². The molecule has 0 aromatic heterocycles. The van der Waals surface area contributed by atoms with Crippen molar-refractivity contribution < 1.29 is 38.2 Å². The summed E-state index contributed by atoms with van der Waals surface area (Å²) < 4.78 is 0. The van der Waals surface area contributed by atoms with Crippen LogP contribution in [0.5, 0.6) is 0 Å². The van der Waals surface area contributed by atoms with Gasteiger partial charge in [-0.25, -0.2) is 0 Å². The van der Waals surface area contributed by atoms with Gasteiger partial charge in [0.15, 0.2) is 0 Å². The quantitative estimate of drug-likeness (QED) is 0.449. The predicted molar refractivity (Wildman–Crippen MR) is 20.5 cm³/mol. The van der Waals surface area contributed by atoms with E-state index in [1.807, 2.05) is 0 Å². The molecule has 0 unspecified atom stereocenters. The molecule has 0 atom stereocenters. The van der Waals surface area contributed by atoms with Gasteiger partial charge in [0, 0.05) is 24.3 Å². The summed E-state index contributed by atoms with van der Waals surface area (Å²) >= 11 is 0. The average molecular weight is 148 g/mol. The zero-order chi connectivity index (χ0) is 3.58. The molecule has 0 aromatic carbocycles. The van der Waals surface area contributed by atoms with Crippen molar-refractivity contribution in [1.82, 2.24) is 0 Å². The minimum atomic E-state index is -0.833.